The van der Waals surface area contributed by atoms with Crippen molar-refractivity contribution < 1.29 is 8.81 Å². The van der Waals surface area contributed by atoms with Gasteiger partial charge in [0.1, 0.15) is 5.82 Å². The lowest BCUT2D eigenvalue weighted by atomic mass is 10.2. The Morgan fingerprint density at radius 2 is 2.15 bits per heavy atom. The third-order valence-electron chi connectivity index (χ3n) is 2.81. The number of oxazole rings is 1. The largest absolute Gasteiger partial charge is 0.417 e. The third kappa shape index (κ3) is 2.10. The van der Waals surface area contributed by atoms with E-state index in [1.165, 1.54) is 18.2 Å². The zero-order valence-corrected chi connectivity index (χ0v) is 10.8. The topological polar surface area (TPSA) is 84.0 Å². The molecule has 4 N–H and O–H groups in total. The van der Waals surface area contributed by atoms with E-state index >= 15 is 0 Å². The monoisotopic (exact) mass is 293 g/mol. The summed E-state index contributed by atoms with van der Waals surface area (Å²) in [5, 5.41) is 3.04. The van der Waals surface area contributed by atoms with E-state index < -0.39 is 11.6 Å². The minimum atomic E-state index is -0.583. The number of benzene rings is 2. The number of fused-ring (bicyclic) bond motifs is 1. The van der Waals surface area contributed by atoms with Crippen LogP contribution in [0.3, 0.4) is 0 Å². The molecule has 0 atom stereocenters. The van der Waals surface area contributed by atoms with Gasteiger partial charge in [0.15, 0.2) is 5.58 Å². The Balaban J connectivity index is 2.10. The Labute approximate surface area is 117 Å². The minimum Gasteiger partial charge on any atom is -0.408 e. The molecule has 0 spiro atoms. The molecule has 0 radical (unpaired) electrons. The highest BCUT2D eigenvalue weighted by atomic mass is 35.5. The van der Waals surface area contributed by atoms with Crippen LogP contribution < -0.4 is 16.8 Å². The van der Waals surface area contributed by atoms with Crippen molar-refractivity contribution in [3.8, 4) is 0 Å². The van der Waals surface area contributed by atoms with E-state index in [2.05, 4.69) is 10.3 Å². The molecule has 7 heteroatoms. The number of aromatic amines is 1. The van der Waals surface area contributed by atoms with E-state index in [0.717, 1.165) is 0 Å². The number of para-hydroxylation sites is 1. The van der Waals surface area contributed by atoms with Crippen LogP contribution in [0.25, 0.3) is 11.1 Å². The Hall–Kier alpha value is -2.47. The number of aromatic nitrogens is 1. The average Bonchev–Trinajstić information content (AvgIpc) is 2.73. The number of halogens is 2. The van der Waals surface area contributed by atoms with Crippen molar-refractivity contribution in [3.05, 3.63) is 51.7 Å². The van der Waals surface area contributed by atoms with Crippen molar-refractivity contribution in [2.24, 2.45) is 0 Å². The van der Waals surface area contributed by atoms with Crippen LogP contribution in [0.4, 0.5) is 21.5 Å². The molecular formula is C13H9ClFN3O2. The van der Waals surface area contributed by atoms with Gasteiger partial charge in [0, 0.05) is 6.07 Å². The average molecular weight is 294 g/mol. The van der Waals surface area contributed by atoms with Crippen LogP contribution in [0.15, 0.2) is 39.5 Å². The Kier molecular flexibility index (Phi) is 2.87. The first-order chi connectivity index (χ1) is 9.54. The van der Waals surface area contributed by atoms with E-state index in [1.807, 2.05) is 0 Å². The molecule has 3 aromatic rings. The van der Waals surface area contributed by atoms with Crippen LogP contribution >= 0.6 is 11.6 Å². The van der Waals surface area contributed by atoms with Crippen LogP contribution in [0.2, 0.25) is 5.02 Å². The molecule has 0 amide bonds. The number of hydrogen-bond donors (Lipinski definition) is 3. The molecule has 1 aromatic heterocycles. The third-order valence-corrected chi connectivity index (χ3v) is 3.13. The molecule has 0 unspecified atom stereocenters. The summed E-state index contributed by atoms with van der Waals surface area (Å²) in [7, 11) is 0. The van der Waals surface area contributed by atoms with Crippen molar-refractivity contribution >= 4 is 39.8 Å². The molecule has 0 aliphatic carbocycles. The van der Waals surface area contributed by atoms with Gasteiger partial charge in [0.2, 0.25) is 0 Å². The first-order valence-corrected chi connectivity index (χ1v) is 6.06. The lowest BCUT2D eigenvalue weighted by Crippen LogP contribution is -1.99. The summed E-state index contributed by atoms with van der Waals surface area (Å²) >= 11 is 5.93. The molecule has 2 aromatic carbocycles. The first kappa shape index (κ1) is 12.6. The second-order valence-electron chi connectivity index (χ2n) is 4.17. The van der Waals surface area contributed by atoms with Crippen molar-refractivity contribution in [1.29, 1.82) is 0 Å². The lowest BCUT2D eigenvalue weighted by Gasteiger charge is -2.11. The van der Waals surface area contributed by atoms with Gasteiger partial charge in [-0.3, -0.25) is 4.98 Å². The smallest absolute Gasteiger partial charge is 0.408 e. The summed E-state index contributed by atoms with van der Waals surface area (Å²) in [6.45, 7) is 0. The minimum absolute atomic E-state index is 0.117. The number of nitrogens with one attached hydrogen (secondary N) is 2. The molecule has 0 aliphatic heterocycles. The highest BCUT2D eigenvalue weighted by Gasteiger charge is 2.11. The Morgan fingerprint density at radius 3 is 2.90 bits per heavy atom. The standard InChI is InChI=1S/C13H9ClFN3O2/c14-6-2-1-3-7(15)12(6)17-9-5-10-11(4-8(9)16)20-13(19)18-10/h1-5,17H,16H2,(H,18,19). The van der Waals surface area contributed by atoms with Crippen molar-refractivity contribution in [1.82, 2.24) is 4.98 Å². The van der Waals surface area contributed by atoms with E-state index in [-0.39, 0.29) is 10.7 Å². The van der Waals surface area contributed by atoms with Crippen LogP contribution in [0.1, 0.15) is 0 Å². The fourth-order valence-corrected chi connectivity index (χ4v) is 2.08. The van der Waals surface area contributed by atoms with E-state index in [0.29, 0.717) is 22.5 Å². The fourth-order valence-electron chi connectivity index (χ4n) is 1.87. The molecular weight excluding hydrogens is 285 g/mol. The second kappa shape index (κ2) is 4.57. The van der Waals surface area contributed by atoms with Crippen molar-refractivity contribution in [3.63, 3.8) is 0 Å². The maximum Gasteiger partial charge on any atom is 0.417 e. The summed E-state index contributed by atoms with van der Waals surface area (Å²) in [6, 6.07) is 7.37. The van der Waals surface area contributed by atoms with Gasteiger partial charge in [-0.25, -0.2) is 9.18 Å². The number of H-pyrrole nitrogens is 1. The van der Waals surface area contributed by atoms with Gasteiger partial charge < -0.3 is 15.5 Å². The normalized spacial score (nSPS) is 10.9. The van der Waals surface area contributed by atoms with Gasteiger partial charge in [-0.15, -0.1) is 0 Å². The molecule has 0 bridgehead atoms. The van der Waals surface area contributed by atoms with Gasteiger partial charge >= 0.3 is 5.76 Å². The summed E-state index contributed by atoms with van der Waals surface area (Å²) in [6.07, 6.45) is 0. The van der Waals surface area contributed by atoms with Gasteiger partial charge in [-0.1, -0.05) is 17.7 Å². The summed E-state index contributed by atoms with van der Waals surface area (Å²) in [4.78, 5) is 13.6. The molecule has 0 saturated carbocycles. The van der Waals surface area contributed by atoms with E-state index in [4.69, 9.17) is 21.8 Å². The predicted octanol–water partition coefficient (Wildman–Crippen LogP) is 3.24. The molecule has 3 rings (SSSR count). The Morgan fingerprint density at radius 1 is 1.35 bits per heavy atom. The van der Waals surface area contributed by atoms with Crippen molar-refractivity contribution in [2.75, 3.05) is 11.1 Å². The van der Waals surface area contributed by atoms with Gasteiger partial charge in [0.05, 0.1) is 27.6 Å². The maximum atomic E-state index is 13.7. The number of anilines is 3. The SMILES string of the molecule is Nc1cc2oc(=O)[nH]c2cc1Nc1c(F)cccc1Cl. The van der Waals surface area contributed by atoms with Gasteiger partial charge in [-0.2, -0.15) is 0 Å². The first-order valence-electron chi connectivity index (χ1n) is 5.68. The zero-order valence-electron chi connectivity index (χ0n) is 10.0. The zero-order chi connectivity index (χ0) is 14.3. The molecule has 20 heavy (non-hydrogen) atoms. The number of rotatable bonds is 2. The van der Waals surface area contributed by atoms with E-state index in [9.17, 15) is 9.18 Å². The summed E-state index contributed by atoms with van der Waals surface area (Å²) < 4.78 is 18.6. The highest BCUT2D eigenvalue weighted by molar-refractivity contribution is 6.33. The molecule has 0 fully saturated rings. The molecule has 0 saturated heterocycles. The molecule has 0 aliphatic rings. The maximum absolute atomic E-state index is 13.7. The Bertz CT molecular complexity index is 836. The van der Waals surface area contributed by atoms with E-state index in [1.54, 1.807) is 12.1 Å². The quantitative estimate of drug-likeness (QED) is 0.633. The van der Waals surface area contributed by atoms with Crippen molar-refractivity contribution in [2.45, 2.75) is 0 Å². The molecule has 5 nitrogen and oxygen atoms in total. The van der Waals surface area contributed by atoms with Crippen LogP contribution in [-0.2, 0) is 0 Å². The number of nitrogen functional groups attached to an aromatic ring is 1. The predicted molar refractivity (Wildman–Crippen MR) is 75.9 cm³/mol. The molecule has 102 valence electrons. The summed E-state index contributed by atoms with van der Waals surface area (Å²) in [5.74, 6) is -1.09. The second-order valence-corrected chi connectivity index (χ2v) is 4.58. The number of nitrogens with two attached hydrogens (primary N) is 1. The van der Waals surface area contributed by atoms with Gasteiger partial charge in [-0.05, 0) is 18.2 Å². The van der Waals surface area contributed by atoms with Gasteiger partial charge in [0.25, 0.3) is 0 Å². The fraction of sp³-hybridized carbons (Fsp3) is 0. The van der Waals surface area contributed by atoms with Crippen LogP contribution in [-0.4, -0.2) is 4.98 Å². The summed E-state index contributed by atoms with van der Waals surface area (Å²) in [5.41, 5.74) is 7.47. The lowest BCUT2D eigenvalue weighted by molar-refractivity contribution is 0.555. The van der Waals surface area contributed by atoms with Crippen LogP contribution in [0.5, 0.6) is 0 Å². The highest BCUT2D eigenvalue weighted by Crippen LogP contribution is 2.32. The number of hydrogen-bond acceptors (Lipinski definition) is 4. The molecule has 1 heterocycles. The van der Waals surface area contributed by atoms with Crippen LogP contribution in [0, 0.1) is 5.82 Å².